The van der Waals surface area contributed by atoms with Crippen LogP contribution in [0, 0.1) is 0 Å². The predicted molar refractivity (Wildman–Crippen MR) is 50.4 cm³/mol. The first-order chi connectivity index (χ1) is 6.11. The van der Waals surface area contributed by atoms with Crippen molar-refractivity contribution in [2.45, 2.75) is 11.6 Å². The van der Waals surface area contributed by atoms with Crippen molar-refractivity contribution in [3.63, 3.8) is 0 Å². The fourth-order valence-corrected chi connectivity index (χ4v) is 1.68. The molecule has 0 spiro atoms. The number of hydrogen-bond acceptors (Lipinski definition) is 3. The van der Waals surface area contributed by atoms with Crippen LogP contribution in [-0.2, 0) is 0 Å². The number of rotatable bonds is 3. The maximum absolute atomic E-state index is 11.8. The lowest BCUT2D eigenvalue weighted by molar-refractivity contribution is -0.0500. The van der Waals surface area contributed by atoms with E-state index < -0.39 is 6.61 Å². The lowest BCUT2D eigenvalue weighted by Gasteiger charge is -2.05. The van der Waals surface area contributed by atoms with Crippen LogP contribution in [-0.4, -0.2) is 17.9 Å². The second-order valence-electron chi connectivity index (χ2n) is 2.05. The fourth-order valence-electron chi connectivity index (χ4n) is 0.726. The van der Waals surface area contributed by atoms with E-state index in [1.807, 2.05) is 0 Å². The van der Waals surface area contributed by atoms with Crippen LogP contribution in [0.25, 0.3) is 0 Å². The van der Waals surface area contributed by atoms with Crippen LogP contribution in [0.15, 0.2) is 21.8 Å². The van der Waals surface area contributed by atoms with Crippen molar-refractivity contribution in [1.29, 1.82) is 0 Å². The molecule has 2 nitrogen and oxygen atoms in total. The summed E-state index contributed by atoms with van der Waals surface area (Å²) >= 11 is 4.45. The Kier molecular flexibility index (Phi) is 3.92. The number of alkyl halides is 2. The van der Waals surface area contributed by atoms with Gasteiger partial charge in [-0.2, -0.15) is 8.78 Å². The van der Waals surface area contributed by atoms with Gasteiger partial charge in [-0.3, -0.25) is 0 Å². The summed E-state index contributed by atoms with van der Waals surface area (Å²) in [6.07, 6.45) is 1.81. The normalized spacial score (nSPS) is 10.5. The molecule has 0 radical (unpaired) electrons. The first kappa shape index (κ1) is 10.7. The van der Waals surface area contributed by atoms with Crippen molar-refractivity contribution in [3.8, 4) is 5.75 Å². The van der Waals surface area contributed by atoms with E-state index in [0.717, 1.165) is 0 Å². The van der Waals surface area contributed by atoms with Crippen molar-refractivity contribution in [2.24, 2.45) is 0 Å². The van der Waals surface area contributed by atoms with Crippen LogP contribution in [0.1, 0.15) is 0 Å². The SMILES string of the molecule is CSc1cc(OC(F)F)cc(Br)n1. The number of thioether (sulfide) groups is 1. The first-order valence-corrected chi connectivity index (χ1v) is 5.30. The van der Waals surface area contributed by atoms with Gasteiger partial charge in [-0.25, -0.2) is 4.98 Å². The van der Waals surface area contributed by atoms with Gasteiger partial charge in [0, 0.05) is 12.1 Å². The van der Waals surface area contributed by atoms with Gasteiger partial charge in [0.05, 0.1) is 0 Å². The average Bonchev–Trinajstić information content (AvgIpc) is 2.01. The Bertz CT molecular complexity index is 298. The third-order valence-corrected chi connectivity index (χ3v) is 2.21. The summed E-state index contributed by atoms with van der Waals surface area (Å²) in [5.74, 6) is 0.112. The molecule has 0 fully saturated rings. The second kappa shape index (κ2) is 4.76. The van der Waals surface area contributed by atoms with E-state index in [-0.39, 0.29) is 5.75 Å². The van der Waals surface area contributed by atoms with Gasteiger partial charge in [0.15, 0.2) is 0 Å². The van der Waals surface area contributed by atoms with Gasteiger partial charge in [0.25, 0.3) is 0 Å². The van der Waals surface area contributed by atoms with Crippen LogP contribution in [0.3, 0.4) is 0 Å². The Morgan fingerprint density at radius 3 is 2.77 bits per heavy atom. The smallest absolute Gasteiger partial charge is 0.387 e. The lowest BCUT2D eigenvalue weighted by Crippen LogP contribution is -2.02. The zero-order valence-electron chi connectivity index (χ0n) is 6.63. The Morgan fingerprint density at radius 2 is 2.23 bits per heavy atom. The Hall–Kier alpha value is -0.360. The zero-order chi connectivity index (χ0) is 9.84. The van der Waals surface area contributed by atoms with E-state index in [1.165, 1.54) is 23.9 Å². The molecule has 0 amide bonds. The molecule has 1 rings (SSSR count). The number of hydrogen-bond donors (Lipinski definition) is 0. The van der Waals surface area contributed by atoms with E-state index >= 15 is 0 Å². The molecule has 0 unspecified atom stereocenters. The monoisotopic (exact) mass is 269 g/mol. The van der Waals surface area contributed by atoms with Crippen LogP contribution in [0.5, 0.6) is 5.75 Å². The molecule has 13 heavy (non-hydrogen) atoms. The van der Waals surface area contributed by atoms with E-state index in [9.17, 15) is 8.78 Å². The highest BCUT2D eigenvalue weighted by Gasteiger charge is 2.06. The van der Waals surface area contributed by atoms with Crippen LogP contribution in [0.2, 0.25) is 0 Å². The minimum Gasteiger partial charge on any atom is -0.435 e. The minimum atomic E-state index is -2.80. The van der Waals surface area contributed by atoms with E-state index in [1.54, 1.807) is 6.26 Å². The van der Waals surface area contributed by atoms with Gasteiger partial charge in [-0.05, 0) is 22.2 Å². The summed E-state index contributed by atoms with van der Waals surface area (Å²) in [7, 11) is 0. The van der Waals surface area contributed by atoms with Gasteiger partial charge < -0.3 is 4.74 Å². The number of pyridine rings is 1. The van der Waals surface area contributed by atoms with Crippen molar-refractivity contribution in [1.82, 2.24) is 4.98 Å². The van der Waals surface area contributed by atoms with Crippen molar-refractivity contribution >= 4 is 27.7 Å². The topological polar surface area (TPSA) is 22.1 Å². The summed E-state index contributed by atoms with van der Waals surface area (Å²) in [5.41, 5.74) is 0. The Balaban J connectivity index is 2.88. The zero-order valence-corrected chi connectivity index (χ0v) is 9.03. The van der Waals surface area contributed by atoms with Gasteiger partial charge in [0.2, 0.25) is 0 Å². The summed E-state index contributed by atoms with van der Waals surface area (Å²) < 4.78 is 28.3. The highest BCUT2D eigenvalue weighted by atomic mass is 79.9. The number of aromatic nitrogens is 1. The van der Waals surface area contributed by atoms with Gasteiger partial charge >= 0.3 is 6.61 Å². The molecule has 72 valence electrons. The van der Waals surface area contributed by atoms with Crippen molar-refractivity contribution < 1.29 is 13.5 Å². The molecular formula is C7H6BrF2NOS. The maximum atomic E-state index is 11.8. The molecule has 0 aliphatic rings. The van der Waals surface area contributed by atoms with Gasteiger partial charge in [-0.1, -0.05) is 0 Å². The fraction of sp³-hybridized carbons (Fsp3) is 0.286. The number of nitrogens with zero attached hydrogens (tertiary/aromatic N) is 1. The molecule has 1 heterocycles. The number of halogens is 3. The van der Waals surface area contributed by atoms with Gasteiger partial charge in [0.1, 0.15) is 15.4 Å². The molecule has 0 N–H and O–H groups in total. The summed E-state index contributed by atoms with van der Waals surface area (Å²) in [6, 6.07) is 2.85. The molecule has 0 aromatic carbocycles. The number of ether oxygens (including phenoxy) is 1. The molecule has 1 aromatic rings. The largest absolute Gasteiger partial charge is 0.435 e. The van der Waals surface area contributed by atoms with Crippen LogP contribution < -0.4 is 4.74 Å². The molecule has 6 heteroatoms. The molecule has 0 bridgehead atoms. The molecule has 0 saturated carbocycles. The van der Waals surface area contributed by atoms with E-state index in [4.69, 9.17) is 0 Å². The Morgan fingerprint density at radius 1 is 1.54 bits per heavy atom. The highest BCUT2D eigenvalue weighted by Crippen LogP contribution is 2.24. The average molecular weight is 270 g/mol. The molecule has 1 aromatic heterocycles. The molecule has 0 aliphatic carbocycles. The summed E-state index contributed by atoms with van der Waals surface area (Å²) in [6.45, 7) is -2.80. The van der Waals surface area contributed by atoms with E-state index in [2.05, 4.69) is 25.7 Å². The predicted octanol–water partition coefficient (Wildman–Crippen LogP) is 3.17. The standard InChI is InChI=1S/C7H6BrF2NOS/c1-13-6-3-4(12-7(9)10)2-5(8)11-6/h2-3,7H,1H3. The summed E-state index contributed by atoms with van der Waals surface area (Å²) in [5, 5.41) is 0.630. The highest BCUT2D eigenvalue weighted by molar-refractivity contribution is 9.10. The quantitative estimate of drug-likeness (QED) is 0.622. The van der Waals surface area contributed by atoms with Gasteiger partial charge in [-0.15, -0.1) is 11.8 Å². The van der Waals surface area contributed by atoms with Crippen molar-refractivity contribution in [3.05, 3.63) is 16.7 Å². The maximum Gasteiger partial charge on any atom is 0.387 e. The molecule has 0 saturated heterocycles. The second-order valence-corrected chi connectivity index (χ2v) is 3.69. The third-order valence-electron chi connectivity index (χ3n) is 1.18. The molecular weight excluding hydrogens is 264 g/mol. The summed E-state index contributed by atoms with van der Waals surface area (Å²) in [4.78, 5) is 4.01. The van der Waals surface area contributed by atoms with E-state index in [0.29, 0.717) is 9.63 Å². The van der Waals surface area contributed by atoms with Crippen molar-refractivity contribution in [2.75, 3.05) is 6.26 Å². The Labute approximate surface area is 86.8 Å². The molecule has 0 aliphatic heterocycles. The van der Waals surface area contributed by atoms with Crippen LogP contribution in [0.4, 0.5) is 8.78 Å². The first-order valence-electron chi connectivity index (χ1n) is 3.28. The van der Waals surface area contributed by atoms with Crippen LogP contribution >= 0.6 is 27.7 Å². The lowest BCUT2D eigenvalue weighted by atomic mass is 10.5. The third kappa shape index (κ3) is 3.48. The minimum absolute atomic E-state index is 0.112. The molecule has 0 atom stereocenters.